The lowest BCUT2D eigenvalue weighted by Crippen LogP contribution is -2.39. The van der Waals surface area contributed by atoms with Crippen molar-refractivity contribution in [3.63, 3.8) is 0 Å². The van der Waals surface area contributed by atoms with Gasteiger partial charge >= 0.3 is 0 Å². The maximum atomic E-state index is 12.4. The number of carbonyl (C=O) groups excluding carboxylic acids is 2. The molecule has 0 aromatic heterocycles. The lowest BCUT2D eigenvalue weighted by atomic mass is 10.2. The summed E-state index contributed by atoms with van der Waals surface area (Å²) in [5.41, 5.74) is 1.33. The number of anilines is 1. The van der Waals surface area contributed by atoms with Crippen LogP contribution in [0.4, 0.5) is 5.69 Å². The molecule has 8 heteroatoms. The minimum absolute atomic E-state index is 0.0787. The molecule has 0 bridgehead atoms. The summed E-state index contributed by atoms with van der Waals surface area (Å²) in [4.78, 5) is 24.7. The molecule has 132 valence electrons. The quantitative estimate of drug-likeness (QED) is 0.763. The molecule has 24 heavy (non-hydrogen) atoms. The molecule has 7 nitrogen and oxygen atoms in total. The minimum Gasteiger partial charge on any atom is -0.341 e. The normalized spacial score (nSPS) is 13.8. The standard InChI is InChI=1S/C16H23N3O4S/c1-11(2)10-19(12(3)20)7-6-17-24(22,23)14-4-5-15-13(8-14)9-16(21)18-15/h4-5,8,11,17H,6-7,9-10H2,1-3H3,(H,18,21). The number of carbonyl (C=O) groups is 2. The number of amides is 2. The first-order valence-corrected chi connectivity index (χ1v) is 9.35. The van der Waals surface area contributed by atoms with E-state index < -0.39 is 10.0 Å². The van der Waals surface area contributed by atoms with Gasteiger partial charge < -0.3 is 10.2 Å². The Morgan fingerprint density at radius 1 is 1.38 bits per heavy atom. The van der Waals surface area contributed by atoms with Crippen LogP contribution >= 0.6 is 0 Å². The second-order valence-electron chi connectivity index (χ2n) is 6.30. The van der Waals surface area contributed by atoms with Gasteiger partial charge in [-0.3, -0.25) is 9.59 Å². The third kappa shape index (κ3) is 4.55. The van der Waals surface area contributed by atoms with Crippen molar-refractivity contribution in [3.8, 4) is 0 Å². The SMILES string of the molecule is CC(=O)N(CCNS(=O)(=O)c1ccc2c(c1)CC(=O)N2)CC(C)C. The number of sulfonamides is 1. The summed E-state index contributed by atoms with van der Waals surface area (Å²) in [6.07, 6.45) is 0.186. The number of nitrogens with zero attached hydrogens (tertiary/aromatic N) is 1. The van der Waals surface area contributed by atoms with Gasteiger partial charge in [0.15, 0.2) is 0 Å². The fourth-order valence-corrected chi connectivity index (χ4v) is 3.66. The van der Waals surface area contributed by atoms with Gasteiger partial charge in [0.2, 0.25) is 21.8 Å². The van der Waals surface area contributed by atoms with E-state index in [0.717, 1.165) is 0 Å². The van der Waals surface area contributed by atoms with E-state index in [-0.39, 0.29) is 29.7 Å². The summed E-state index contributed by atoms with van der Waals surface area (Å²) in [7, 11) is -3.68. The van der Waals surface area contributed by atoms with Gasteiger partial charge in [0.1, 0.15) is 0 Å². The van der Waals surface area contributed by atoms with Crippen molar-refractivity contribution in [1.29, 1.82) is 0 Å². The van der Waals surface area contributed by atoms with Crippen molar-refractivity contribution in [2.24, 2.45) is 5.92 Å². The average Bonchev–Trinajstić information content (AvgIpc) is 2.84. The Kier molecular flexibility index (Phi) is 5.61. The van der Waals surface area contributed by atoms with Crippen LogP contribution in [0.15, 0.2) is 23.1 Å². The van der Waals surface area contributed by atoms with E-state index in [2.05, 4.69) is 10.0 Å². The van der Waals surface area contributed by atoms with Crippen molar-refractivity contribution in [1.82, 2.24) is 9.62 Å². The van der Waals surface area contributed by atoms with Gasteiger partial charge in [-0.25, -0.2) is 13.1 Å². The Hall–Kier alpha value is -1.93. The fourth-order valence-electron chi connectivity index (χ4n) is 2.59. The highest BCUT2D eigenvalue weighted by molar-refractivity contribution is 7.89. The minimum atomic E-state index is -3.68. The second-order valence-corrected chi connectivity index (χ2v) is 8.07. The second kappa shape index (κ2) is 7.31. The summed E-state index contributed by atoms with van der Waals surface area (Å²) >= 11 is 0. The number of nitrogens with one attached hydrogen (secondary N) is 2. The number of fused-ring (bicyclic) bond motifs is 1. The van der Waals surface area contributed by atoms with E-state index in [4.69, 9.17) is 0 Å². The molecule has 0 aliphatic carbocycles. The molecule has 0 radical (unpaired) electrons. The van der Waals surface area contributed by atoms with Gasteiger partial charge in [-0.15, -0.1) is 0 Å². The molecule has 2 N–H and O–H groups in total. The van der Waals surface area contributed by atoms with Crippen LogP contribution in [0, 0.1) is 5.92 Å². The molecule has 0 atom stereocenters. The molecule has 1 aromatic carbocycles. The lowest BCUT2D eigenvalue weighted by molar-refractivity contribution is -0.129. The molecule has 1 aliphatic heterocycles. The monoisotopic (exact) mass is 353 g/mol. The predicted molar refractivity (Wildman–Crippen MR) is 91.1 cm³/mol. The zero-order valence-corrected chi connectivity index (χ0v) is 14.9. The van der Waals surface area contributed by atoms with Crippen LogP contribution in [-0.2, 0) is 26.0 Å². The summed E-state index contributed by atoms with van der Waals surface area (Å²) in [6.45, 7) is 6.52. The number of benzene rings is 1. The van der Waals surface area contributed by atoms with E-state index in [1.165, 1.54) is 19.1 Å². The van der Waals surface area contributed by atoms with Gasteiger partial charge in [-0.2, -0.15) is 0 Å². The highest BCUT2D eigenvalue weighted by atomic mass is 32.2. The highest BCUT2D eigenvalue weighted by Gasteiger charge is 2.22. The van der Waals surface area contributed by atoms with Gasteiger partial charge in [0, 0.05) is 32.2 Å². The third-order valence-corrected chi connectivity index (χ3v) is 5.18. The van der Waals surface area contributed by atoms with Crippen LogP contribution in [0.5, 0.6) is 0 Å². The average molecular weight is 353 g/mol. The first-order chi connectivity index (χ1) is 11.2. The topological polar surface area (TPSA) is 95.6 Å². The Balaban J connectivity index is 2.00. The van der Waals surface area contributed by atoms with Gasteiger partial charge in [0.05, 0.1) is 11.3 Å². The maximum Gasteiger partial charge on any atom is 0.240 e. The van der Waals surface area contributed by atoms with Crippen LogP contribution < -0.4 is 10.0 Å². The van der Waals surface area contributed by atoms with Crippen molar-refractivity contribution >= 4 is 27.5 Å². The molecule has 2 rings (SSSR count). The van der Waals surface area contributed by atoms with Gasteiger partial charge in [-0.1, -0.05) is 13.8 Å². The number of rotatable bonds is 7. The van der Waals surface area contributed by atoms with Crippen molar-refractivity contribution < 1.29 is 18.0 Å². The number of hydrogen-bond acceptors (Lipinski definition) is 4. The first kappa shape index (κ1) is 18.4. The maximum absolute atomic E-state index is 12.4. The summed E-state index contributed by atoms with van der Waals surface area (Å²) in [5.74, 6) is 0.0931. The Morgan fingerprint density at radius 2 is 2.08 bits per heavy atom. The lowest BCUT2D eigenvalue weighted by Gasteiger charge is -2.23. The molecule has 0 unspecified atom stereocenters. The van der Waals surface area contributed by atoms with Gasteiger partial charge in [-0.05, 0) is 29.7 Å². The van der Waals surface area contributed by atoms with Crippen molar-refractivity contribution in [2.75, 3.05) is 25.0 Å². The molecule has 0 fully saturated rings. The Bertz CT molecular complexity index is 744. The fraction of sp³-hybridized carbons (Fsp3) is 0.500. The third-order valence-electron chi connectivity index (χ3n) is 3.72. The van der Waals surface area contributed by atoms with E-state index in [0.29, 0.717) is 30.3 Å². The van der Waals surface area contributed by atoms with Crippen molar-refractivity contribution in [2.45, 2.75) is 32.1 Å². The smallest absolute Gasteiger partial charge is 0.240 e. The van der Waals surface area contributed by atoms with E-state index in [1.54, 1.807) is 11.0 Å². The van der Waals surface area contributed by atoms with E-state index in [1.807, 2.05) is 13.8 Å². The largest absolute Gasteiger partial charge is 0.341 e. The van der Waals surface area contributed by atoms with E-state index >= 15 is 0 Å². The Morgan fingerprint density at radius 3 is 2.71 bits per heavy atom. The van der Waals surface area contributed by atoms with E-state index in [9.17, 15) is 18.0 Å². The molecule has 1 aliphatic rings. The summed E-state index contributed by atoms with van der Waals surface area (Å²) < 4.78 is 27.2. The highest BCUT2D eigenvalue weighted by Crippen LogP contribution is 2.25. The molecule has 1 heterocycles. The van der Waals surface area contributed by atoms with Crippen LogP contribution in [0.1, 0.15) is 26.3 Å². The summed E-state index contributed by atoms with van der Waals surface area (Å²) in [6, 6.07) is 4.56. The van der Waals surface area contributed by atoms with Crippen LogP contribution in [0.2, 0.25) is 0 Å². The molecular weight excluding hydrogens is 330 g/mol. The molecule has 0 saturated heterocycles. The van der Waals surface area contributed by atoms with Crippen LogP contribution in [0.25, 0.3) is 0 Å². The molecule has 0 spiro atoms. The van der Waals surface area contributed by atoms with Crippen LogP contribution in [0.3, 0.4) is 0 Å². The zero-order chi connectivity index (χ0) is 17.9. The molecule has 1 aromatic rings. The molecule has 2 amide bonds. The predicted octanol–water partition coefficient (Wildman–Crippen LogP) is 0.964. The molecular formula is C16H23N3O4S. The number of hydrogen-bond donors (Lipinski definition) is 2. The van der Waals surface area contributed by atoms with Crippen LogP contribution in [-0.4, -0.2) is 44.8 Å². The Labute approximate surface area is 142 Å². The first-order valence-electron chi connectivity index (χ1n) is 7.87. The summed E-state index contributed by atoms with van der Waals surface area (Å²) in [5, 5.41) is 2.67. The zero-order valence-electron chi connectivity index (χ0n) is 14.1. The van der Waals surface area contributed by atoms with Crippen molar-refractivity contribution in [3.05, 3.63) is 23.8 Å². The molecule has 0 saturated carbocycles. The van der Waals surface area contributed by atoms with Gasteiger partial charge in [0.25, 0.3) is 0 Å².